The summed E-state index contributed by atoms with van der Waals surface area (Å²) in [7, 11) is 0. The van der Waals surface area contributed by atoms with Gasteiger partial charge in [-0.25, -0.2) is 0 Å². The molecular formula is C17H19NO3. The van der Waals surface area contributed by atoms with E-state index in [1.807, 2.05) is 18.2 Å². The van der Waals surface area contributed by atoms with Crippen molar-refractivity contribution < 1.29 is 13.9 Å². The number of hydrogen-bond donors (Lipinski definition) is 0. The summed E-state index contributed by atoms with van der Waals surface area (Å²) in [5.74, 6) is 3.43. The molecule has 2 aliphatic rings. The van der Waals surface area contributed by atoms with Crippen LogP contribution < -0.4 is 9.47 Å². The van der Waals surface area contributed by atoms with Crippen LogP contribution in [0.5, 0.6) is 11.5 Å². The van der Waals surface area contributed by atoms with Crippen molar-refractivity contribution in [2.45, 2.75) is 25.3 Å². The van der Waals surface area contributed by atoms with Gasteiger partial charge < -0.3 is 13.9 Å². The minimum absolute atomic E-state index is 0.348. The molecule has 4 rings (SSSR count). The van der Waals surface area contributed by atoms with Crippen molar-refractivity contribution in [2.75, 3.05) is 19.9 Å². The predicted octanol–water partition coefficient (Wildman–Crippen LogP) is 3.39. The van der Waals surface area contributed by atoms with Crippen LogP contribution in [0.2, 0.25) is 0 Å². The number of rotatable bonds is 3. The van der Waals surface area contributed by atoms with Crippen LogP contribution in [0.15, 0.2) is 41.0 Å². The Kier molecular flexibility index (Phi) is 3.31. The van der Waals surface area contributed by atoms with E-state index in [9.17, 15) is 0 Å². The molecule has 0 unspecified atom stereocenters. The largest absolute Gasteiger partial charge is 0.468 e. The lowest BCUT2D eigenvalue weighted by Gasteiger charge is -2.31. The van der Waals surface area contributed by atoms with Crippen molar-refractivity contribution in [1.82, 2.24) is 4.90 Å². The Morgan fingerprint density at radius 2 is 1.90 bits per heavy atom. The fourth-order valence-corrected chi connectivity index (χ4v) is 3.21. The normalized spacial score (nSPS) is 19.0. The highest BCUT2D eigenvalue weighted by Gasteiger charge is 2.23. The Morgan fingerprint density at radius 3 is 2.71 bits per heavy atom. The van der Waals surface area contributed by atoms with Crippen LogP contribution in [0, 0.1) is 0 Å². The number of ether oxygens (including phenoxy) is 2. The van der Waals surface area contributed by atoms with Crippen LogP contribution >= 0.6 is 0 Å². The minimum atomic E-state index is 0.348. The molecule has 1 saturated heterocycles. The van der Waals surface area contributed by atoms with E-state index in [1.165, 1.54) is 18.4 Å². The molecule has 2 aliphatic heterocycles. The second kappa shape index (κ2) is 5.45. The van der Waals surface area contributed by atoms with Gasteiger partial charge in [0, 0.05) is 0 Å². The maximum atomic E-state index is 5.48. The summed E-state index contributed by atoms with van der Waals surface area (Å²) in [6, 6.07) is 10.4. The molecule has 4 nitrogen and oxygen atoms in total. The summed E-state index contributed by atoms with van der Waals surface area (Å²) in [5.41, 5.74) is 1.37. The SMILES string of the molecule is c1coc(CN2CCC(c3ccc4c(c3)OCO4)CC2)c1. The van der Waals surface area contributed by atoms with E-state index in [0.717, 1.165) is 36.9 Å². The van der Waals surface area contributed by atoms with Gasteiger partial charge in [0.05, 0.1) is 12.8 Å². The van der Waals surface area contributed by atoms with Crippen molar-refractivity contribution in [2.24, 2.45) is 0 Å². The summed E-state index contributed by atoms with van der Waals surface area (Å²) >= 11 is 0. The summed E-state index contributed by atoms with van der Waals surface area (Å²) in [6.07, 6.45) is 4.11. The molecule has 110 valence electrons. The van der Waals surface area contributed by atoms with Gasteiger partial charge in [0.25, 0.3) is 0 Å². The van der Waals surface area contributed by atoms with Gasteiger partial charge in [0.2, 0.25) is 6.79 Å². The highest BCUT2D eigenvalue weighted by Crippen LogP contribution is 2.37. The summed E-state index contributed by atoms with van der Waals surface area (Å²) in [6.45, 7) is 3.49. The molecule has 3 heterocycles. The maximum absolute atomic E-state index is 5.48. The molecule has 0 atom stereocenters. The average Bonchev–Trinajstić information content (AvgIpc) is 3.18. The molecule has 0 amide bonds. The summed E-state index contributed by atoms with van der Waals surface area (Å²) in [5, 5.41) is 0. The number of furan rings is 1. The van der Waals surface area contributed by atoms with E-state index in [-0.39, 0.29) is 0 Å². The molecule has 0 aliphatic carbocycles. The van der Waals surface area contributed by atoms with Gasteiger partial charge >= 0.3 is 0 Å². The molecule has 1 aromatic heterocycles. The monoisotopic (exact) mass is 285 g/mol. The number of piperidine rings is 1. The van der Waals surface area contributed by atoms with E-state index < -0.39 is 0 Å². The smallest absolute Gasteiger partial charge is 0.231 e. The lowest BCUT2D eigenvalue weighted by Crippen LogP contribution is -2.32. The highest BCUT2D eigenvalue weighted by atomic mass is 16.7. The van der Waals surface area contributed by atoms with Crippen molar-refractivity contribution in [3.63, 3.8) is 0 Å². The van der Waals surface area contributed by atoms with Crippen molar-refractivity contribution >= 4 is 0 Å². The first-order valence-corrected chi connectivity index (χ1v) is 7.53. The molecule has 21 heavy (non-hydrogen) atoms. The molecule has 4 heteroatoms. The zero-order chi connectivity index (χ0) is 14.1. The van der Waals surface area contributed by atoms with E-state index in [4.69, 9.17) is 13.9 Å². The third-order valence-electron chi connectivity index (χ3n) is 4.42. The molecule has 0 radical (unpaired) electrons. The van der Waals surface area contributed by atoms with Gasteiger partial charge in [-0.2, -0.15) is 0 Å². The zero-order valence-corrected chi connectivity index (χ0v) is 12.0. The third-order valence-corrected chi connectivity index (χ3v) is 4.42. The van der Waals surface area contributed by atoms with E-state index in [0.29, 0.717) is 12.7 Å². The Hall–Kier alpha value is -1.94. The zero-order valence-electron chi connectivity index (χ0n) is 12.0. The fourth-order valence-electron chi connectivity index (χ4n) is 3.21. The number of likely N-dealkylation sites (tertiary alicyclic amines) is 1. The lowest BCUT2D eigenvalue weighted by molar-refractivity contribution is 0.173. The molecular weight excluding hydrogens is 266 g/mol. The number of benzene rings is 1. The highest BCUT2D eigenvalue weighted by molar-refractivity contribution is 5.45. The molecule has 0 bridgehead atoms. The van der Waals surface area contributed by atoms with Crippen LogP contribution in [-0.4, -0.2) is 24.8 Å². The first kappa shape index (κ1) is 12.8. The number of nitrogens with zero attached hydrogens (tertiary/aromatic N) is 1. The average molecular weight is 285 g/mol. The first-order chi connectivity index (χ1) is 10.4. The van der Waals surface area contributed by atoms with Gasteiger partial charge in [-0.05, 0) is 61.7 Å². The molecule has 0 saturated carbocycles. The standard InChI is InChI=1S/C17H19NO3/c1-2-15(19-9-1)11-18-7-5-13(6-8-18)14-3-4-16-17(10-14)21-12-20-16/h1-4,9-10,13H,5-8,11-12H2. The van der Waals surface area contributed by atoms with Gasteiger partial charge in [-0.3, -0.25) is 4.90 Å². The quantitative estimate of drug-likeness (QED) is 0.866. The fraction of sp³-hybridized carbons (Fsp3) is 0.412. The molecule has 1 fully saturated rings. The Balaban J connectivity index is 1.38. The lowest BCUT2D eigenvalue weighted by atomic mass is 9.89. The second-order valence-corrected chi connectivity index (χ2v) is 5.74. The van der Waals surface area contributed by atoms with Crippen LogP contribution in [0.3, 0.4) is 0 Å². The number of fused-ring (bicyclic) bond motifs is 1. The van der Waals surface area contributed by atoms with Crippen LogP contribution in [0.4, 0.5) is 0 Å². The molecule has 1 aromatic carbocycles. The molecule has 2 aromatic rings. The topological polar surface area (TPSA) is 34.8 Å². The van der Waals surface area contributed by atoms with Gasteiger partial charge in [0.15, 0.2) is 11.5 Å². The maximum Gasteiger partial charge on any atom is 0.231 e. The number of hydrogen-bond acceptors (Lipinski definition) is 4. The van der Waals surface area contributed by atoms with E-state index >= 15 is 0 Å². The second-order valence-electron chi connectivity index (χ2n) is 5.74. The summed E-state index contributed by atoms with van der Waals surface area (Å²) < 4.78 is 16.3. The minimum Gasteiger partial charge on any atom is -0.468 e. The van der Waals surface area contributed by atoms with E-state index in [1.54, 1.807) is 6.26 Å². The predicted molar refractivity (Wildman–Crippen MR) is 78.5 cm³/mol. The van der Waals surface area contributed by atoms with Gasteiger partial charge in [-0.1, -0.05) is 6.07 Å². The van der Waals surface area contributed by atoms with Crippen molar-refractivity contribution in [3.8, 4) is 11.5 Å². The van der Waals surface area contributed by atoms with Crippen molar-refractivity contribution in [3.05, 3.63) is 47.9 Å². The summed E-state index contributed by atoms with van der Waals surface area (Å²) in [4.78, 5) is 2.46. The Labute approximate surface area is 124 Å². The van der Waals surface area contributed by atoms with Crippen LogP contribution in [-0.2, 0) is 6.54 Å². The van der Waals surface area contributed by atoms with Crippen LogP contribution in [0.1, 0.15) is 30.1 Å². The van der Waals surface area contributed by atoms with Gasteiger partial charge in [-0.15, -0.1) is 0 Å². The third kappa shape index (κ3) is 2.63. The Bertz CT molecular complexity index is 601. The van der Waals surface area contributed by atoms with E-state index in [2.05, 4.69) is 17.0 Å². The molecule has 0 N–H and O–H groups in total. The van der Waals surface area contributed by atoms with Gasteiger partial charge in [0.1, 0.15) is 5.76 Å². The van der Waals surface area contributed by atoms with Crippen LogP contribution in [0.25, 0.3) is 0 Å². The molecule has 0 spiro atoms. The Morgan fingerprint density at radius 1 is 1.05 bits per heavy atom. The first-order valence-electron chi connectivity index (χ1n) is 7.53. The van der Waals surface area contributed by atoms with Crippen molar-refractivity contribution in [1.29, 1.82) is 0 Å².